The van der Waals surface area contributed by atoms with Crippen LogP contribution in [0, 0.1) is 0 Å². The molecule has 0 spiro atoms. The van der Waals surface area contributed by atoms with E-state index in [1.54, 1.807) is 19.0 Å². The number of aliphatic hydroxyl groups excluding tert-OH is 1. The van der Waals surface area contributed by atoms with Crippen molar-refractivity contribution in [3.8, 4) is 0 Å². The van der Waals surface area contributed by atoms with Crippen LogP contribution >= 0.6 is 0 Å². The van der Waals surface area contributed by atoms with Crippen molar-refractivity contribution in [2.24, 2.45) is 0 Å². The Labute approximate surface area is 206 Å². The van der Waals surface area contributed by atoms with Gasteiger partial charge in [0.25, 0.3) is 5.91 Å². The highest BCUT2D eigenvalue weighted by Crippen LogP contribution is 2.35. The number of hydrogen-bond donors (Lipinski definition) is 2. The number of fused-ring (bicyclic) bond motifs is 1. The van der Waals surface area contributed by atoms with Crippen molar-refractivity contribution >= 4 is 34.3 Å². The van der Waals surface area contributed by atoms with Crippen molar-refractivity contribution in [3.05, 3.63) is 42.2 Å². The lowest BCUT2D eigenvalue weighted by atomic mass is 10.2. The Morgan fingerprint density at radius 2 is 1.83 bits per heavy atom. The molecule has 2 N–H and O–H groups in total. The summed E-state index contributed by atoms with van der Waals surface area (Å²) in [4.78, 5) is 28.6. The molecular formula is C26H35N7O2. The zero-order chi connectivity index (χ0) is 24.4. The maximum Gasteiger partial charge on any atom is 0.270 e. The molecule has 2 aliphatic rings. The summed E-state index contributed by atoms with van der Waals surface area (Å²) in [6.07, 6.45) is 6.31. The summed E-state index contributed by atoms with van der Waals surface area (Å²) in [6.45, 7) is 4.81. The number of aliphatic hydroxyl groups is 1. The first-order chi connectivity index (χ1) is 17.0. The number of nitrogens with zero attached hydrogens (tertiary/aromatic N) is 6. The van der Waals surface area contributed by atoms with Gasteiger partial charge in [0.15, 0.2) is 0 Å². The zero-order valence-corrected chi connectivity index (χ0v) is 20.7. The number of rotatable bonds is 7. The highest BCUT2D eigenvalue weighted by atomic mass is 16.3. The van der Waals surface area contributed by atoms with E-state index in [0.717, 1.165) is 62.3 Å². The second-order valence-electron chi connectivity index (χ2n) is 9.73. The number of benzene rings is 1. The predicted molar refractivity (Wildman–Crippen MR) is 139 cm³/mol. The van der Waals surface area contributed by atoms with Crippen molar-refractivity contribution < 1.29 is 9.90 Å². The second-order valence-corrected chi connectivity index (χ2v) is 9.73. The van der Waals surface area contributed by atoms with E-state index < -0.39 is 0 Å². The van der Waals surface area contributed by atoms with Gasteiger partial charge in [0.05, 0.1) is 6.61 Å². The third-order valence-electron chi connectivity index (χ3n) is 7.17. The fraction of sp³-hybridized carbons (Fsp3) is 0.500. The summed E-state index contributed by atoms with van der Waals surface area (Å²) >= 11 is 0. The van der Waals surface area contributed by atoms with Crippen LogP contribution < -0.4 is 10.2 Å². The van der Waals surface area contributed by atoms with Crippen LogP contribution in [0.25, 0.3) is 11.0 Å². The molecule has 0 atom stereocenters. The molecule has 1 saturated carbocycles. The van der Waals surface area contributed by atoms with Gasteiger partial charge in [-0.2, -0.15) is 4.98 Å². The summed E-state index contributed by atoms with van der Waals surface area (Å²) in [5.41, 5.74) is 3.62. The molecule has 1 amide bonds. The molecule has 186 valence electrons. The van der Waals surface area contributed by atoms with E-state index >= 15 is 0 Å². The van der Waals surface area contributed by atoms with Crippen LogP contribution in [0.2, 0.25) is 0 Å². The molecular weight excluding hydrogens is 442 g/mol. The standard InChI is InChI=1S/C26H35N7O2/c1-30(2)25(35)23-17-19-18-27-26(29-24(19)33(23)22-5-3-4-6-22)28-20-7-9-21(10-8-20)32-13-11-31(12-14-32)15-16-34/h7-10,17-18,22,34H,3-6,11-16H2,1-2H3,(H,27,28,29). The Hall–Kier alpha value is -3.17. The minimum absolute atomic E-state index is 0.00260. The van der Waals surface area contributed by atoms with E-state index in [1.165, 1.54) is 18.5 Å². The van der Waals surface area contributed by atoms with Crippen molar-refractivity contribution in [2.75, 3.05) is 63.6 Å². The molecule has 35 heavy (non-hydrogen) atoms. The molecule has 9 heteroatoms. The van der Waals surface area contributed by atoms with Crippen LogP contribution in [0.5, 0.6) is 0 Å². The van der Waals surface area contributed by atoms with Crippen molar-refractivity contribution in [2.45, 2.75) is 31.7 Å². The molecule has 1 aliphatic heterocycles. The van der Waals surface area contributed by atoms with E-state index in [1.807, 2.05) is 12.3 Å². The molecule has 9 nitrogen and oxygen atoms in total. The molecule has 3 heterocycles. The largest absolute Gasteiger partial charge is 0.395 e. The Kier molecular flexibility index (Phi) is 6.88. The number of carbonyl (C=O) groups is 1. The van der Waals surface area contributed by atoms with Crippen LogP contribution in [0.15, 0.2) is 36.5 Å². The molecule has 0 radical (unpaired) electrons. The number of carbonyl (C=O) groups excluding carboxylic acids is 1. The quantitative estimate of drug-likeness (QED) is 0.540. The fourth-order valence-electron chi connectivity index (χ4n) is 5.25. The lowest BCUT2D eigenvalue weighted by molar-refractivity contribution is 0.0815. The molecule has 2 aromatic heterocycles. The molecule has 5 rings (SSSR count). The highest BCUT2D eigenvalue weighted by Gasteiger charge is 2.26. The molecule has 1 aromatic carbocycles. The third-order valence-corrected chi connectivity index (χ3v) is 7.17. The Bertz CT molecular complexity index is 1160. The predicted octanol–water partition coefficient (Wildman–Crippen LogP) is 3.11. The highest BCUT2D eigenvalue weighted by molar-refractivity contribution is 5.97. The van der Waals surface area contributed by atoms with Crippen LogP contribution in [-0.4, -0.2) is 88.8 Å². The minimum Gasteiger partial charge on any atom is -0.395 e. The van der Waals surface area contributed by atoms with E-state index in [2.05, 4.69) is 48.9 Å². The van der Waals surface area contributed by atoms with Gasteiger partial charge >= 0.3 is 0 Å². The SMILES string of the molecule is CN(C)C(=O)c1cc2cnc(Nc3ccc(N4CCN(CCO)CC4)cc3)nc2n1C1CCCC1. The second kappa shape index (κ2) is 10.2. The Morgan fingerprint density at radius 3 is 2.49 bits per heavy atom. The normalized spacial score (nSPS) is 17.3. The lowest BCUT2D eigenvalue weighted by Crippen LogP contribution is -2.47. The van der Waals surface area contributed by atoms with Gasteiger partial charge in [-0.25, -0.2) is 4.98 Å². The summed E-state index contributed by atoms with van der Waals surface area (Å²) in [5, 5.41) is 13.4. The number of amides is 1. The smallest absolute Gasteiger partial charge is 0.270 e. The number of piperazine rings is 1. The fourth-order valence-corrected chi connectivity index (χ4v) is 5.25. The van der Waals surface area contributed by atoms with E-state index in [-0.39, 0.29) is 12.5 Å². The van der Waals surface area contributed by atoms with Crippen LogP contribution in [0.3, 0.4) is 0 Å². The molecule has 3 aromatic rings. The average Bonchev–Trinajstić information content (AvgIpc) is 3.52. The average molecular weight is 478 g/mol. The molecule has 0 unspecified atom stereocenters. The van der Waals surface area contributed by atoms with Crippen molar-refractivity contribution in [1.29, 1.82) is 0 Å². The van der Waals surface area contributed by atoms with Gasteiger partial charge in [0, 0.05) is 75.8 Å². The first kappa shape index (κ1) is 23.6. The number of aromatic nitrogens is 3. The van der Waals surface area contributed by atoms with Crippen LogP contribution in [0.1, 0.15) is 42.2 Å². The molecule has 0 bridgehead atoms. The number of anilines is 3. The minimum atomic E-state index is -0.00260. The Morgan fingerprint density at radius 1 is 1.11 bits per heavy atom. The lowest BCUT2D eigenvalue weighted by Gasteiger charge is -2.35. The first-order valence-corrected chi connectivity index (χ1v) is 12.6. The van der Waals surface area contributed by atoms with E-state index in [4.69, 9.17) is 10.1 Å². The van der Waals surface area contributed by atoms with Gasteiger partial charge in [0.1, 0.15) is 11.3 Å². The van der Waals surface area contributed by atoms with Gasteiger partial charge < -0.3 is 24.8 Å². The first-order valence-electron chi connectivity index (χ1n) is 12.6. The van der Waals surface area contributed by atoms with Crippen molar-refractivity contribution in [3.63, 3.8) is 0 Å². The van der Waals surface area contributed by atoms with Crippen LogP contribution in [-0.2, 0) is 0 Å². The number of β-amino-alcohol motifs (C(OH)–C–C–N with tert-alkyl or cyclic N) is 1. The van der Waals surface area contributed by atoms with Crippen molar-refractivity contribution in [1.82, 2.24) is 24.3 Å². The third kappa shape index (κ3) is 4.97. The van der Waals surface area contributed by atoms with Gasteiger partial charge in [-0.3, -0.25) is 9.69 Å². The molecule has 2 fully saturated rings. The maximum atomic E-state index is 12.9. The summed E-state index contributed by atoms with van der Waals surface area (Å²) in [5.74, 6) is 0.529. The van der Waals surface area contributed by atoms with Gasteiger partial charge in [-0.15, -0.1) is 0 Å². The van der Waals surface area contributed by atoms with E-state index in [9.17, 15) is 4.79 Å². The van der Waals surface area contributed by atoms with Gasteiger partial charge in [-0.05, 0) is 43.2 Å². The molecule has 1 aliphatic carbocycles. The number of nitrogens with one attached hydrogen (secondary N) is 1. The molecule has 1 saturated heterocycles. The summed E-state index contributed by atoms with van der Waals surface area (Å²) in [6, 6.07) is 10.6. The topological polar surface area (TPSA) is 89.8 Å². The summed E-state index contributed by atoms with van der Waals surface area (Å²) < 4.78 is 2.14. The maximum absolute atomic E-state index is 12.9. The zero-order valence-electron chi connectivity index (χ0n) is 20.7. The Balaban J connectivity index is 1.35. The number of hydrogen-bond acceptors (Lipinski definition) is 7. The summed E-state index contributed by atoms with van der Waals surface area (Å²) in [7, 11) is 3.58. The van der Waals surface area contributed by atoms with Gasteiger partial charge in [0.2, 0.25) is 5.95 Å². The van der Waals surface area contributed by atoms with Gasteiger partial charge in [-0.1, -0.05) is 12.8 Å². The van der Waals surface area contributed by atoms with E-state index in [0.29, 0.717) is 17.7 Å². The monoisotopic (exact) mass is 477 g/mol. The van der Waals surface area contributed by atoms with Crippen LogP contribution in [0.4, 0.5) is 17.3 Å².